The fourth-order valence-corrected chi connectivity index (χ4v) is 1.36. The van der Waals surface area contributed by atoms with Crippen molar-refractivity contribution in [3.8, 4) is 0 Å². The second-order valence-corrected chi connectivity index (χ2v) is 4.18. The zero-order valence-corrected chi connectivity index (χ0v) is 9.78. The van der Waals surface area contributed by atoms with Crippen LogP contribution in [0.3, 0.4) is 0 Å². The number of nitrogens with two attached hydrogens (primary N) is 1. The highest BCUT2D eigenvalue weighted by Crippen LogP contribution is 2.16. The molecule has 1 rings (SSSR count). The van der Waals surface area contributed by atoms with Crippen molar-refractivity contribution in [1.82, 2.24) is 4.90 Å². The average molecular weight is 257 g/mol. The molecular weight excluding hydrogens is 244 g/mol. The summed E-state index contributed by atoms with van der Waals surface area (Å²) in [6, 6.07) is 6.86. The predicted molar refractivity (Wildman–Crippen MR) is 59.8 cm³/mol. The lowest BCUT2D eigenvalue weighted by molar-refractivity contribution is -0.130. The molecule has 1 amide bonds. The minimum Gasteiger partial charge on any atom is -0.347 e. The van der Waals surface area contributed by atoms with Crippen molar-refractivity contribution in [3.63, 3.8) is 0 Å². The molecule has 1 aromatic rings. The van der Waals surface area contributed by atoms with E-state index in [1.165, 1.54) is 4.90 Å². The van der Waals surface area contributed by atoms with Gasteiger partial charge >= 0.3 is 0 Å². The van der Waals surface area contributed by atoms with Crippen LogP contribution in [0.15, 0.2) is 28.7 Å². The largest absolute Gasteiger partial charge is 0.347 e. The van der Waals surface area contributed by atoms with E-state index in [1.807, 2.05) is 24.3 Å². The normalized spacial score (nSPS) is 12.3. The molecule has 0 aliphatic heterocycles. The van der Waals surface area contributed by atoms with Gasteiger partial charge in [0.25, 0.3) is 0 Å². The number of benzene rings is 1. The van der Waals surface area contributed by atoms with Crippen molar-refractivity contribution >= 4 is 21.8 Å². The van der Waals surface area contributed by atoms with E-state index < -0.39 is 6.04 Å². The maximum absolute atomic E-state index is 11.5. The van der Waals surface area contributed by atoms with Gasteiger partial charge in [-0.15, -0.1) is 0 Å². The Labute approximate surface area is 92.0 Å². The minimum absolute atomic E-state index is 0.0904. The number of carbonyl (C=O) groups is 1. The number of likely N-dealkylation sites (N-methyl/N-ethyl adjacent to an activating group) is 1. The Balaban J connectivity index is 2.84. The zero-order valence-electron chi connectivity index (χ0n) is 8.20. The molecule has 0 saturated carbocycles. The highest BCUT2D eigenvalue weighted by molar-refractivity contribution is 9.10. The molecule has 0 aliphatic rings. The number of hydrogen-bond donors (Lipinski definition) is 1. The first-order valence-corrected chi connectivity index (χ1v) is 5.04. The van der Waals surface area contributed by atoms with Crippen LogP contribution in [0.4, 0.5) is 0 Å². The first kappa shape index (κ1) is 11.2. The van der Waals surface area contributed by atoms with Crippen LogP contribution in [-0.2, 0) is 4.79 Å². The summed E-state index contributed by atoms with van der Waals surface area (Å²) in [5.74, 6) is -0.0904. The molecule has 0 aliphatic carbocycles. The Morgan fingerprint density at radius 3 is 2.29 bits per heavy atom. The Bertz CT molecular complexity index is 321. The van der Waals surface area contributed by atoms with Gasteiger partial charge in [0.2, 0.25) is 5.91 Å². The standard InChI is InChI=1S/C10H13BrN2O/c1-13(2)10(14)9(12)7-3-5-8(11)6-4-7/h3-6,9H,12H2,1-2H3. The van der Waals surface area contributed by atoms with Gasteiger partial charge < -0.3 is 10.6 Å². The van der Waals surface area contributed by atoms with Crippen molar-refractivity contribution in [2.24, 2.45) is 5.73 Å². The van der Waals surface area contributed by atoms with E-state index in [2.05, 4.69) is 15.9 Å². The van der Waals surface area contributed by atoms with Gasteiger partial charge in [-0.25, -0.2) is 0 Å². The topological polar surface area (TPSA) is 46.3 Å². The molecule has 2 N–H and O–H groups in total. The Morgan fingerprint density at radius 1 is 1.36 bits per heavy atom. The molecule has 0 heterocycles. The highest BCUT2D eigenvalue weighted by atomic mass is 79.9. The van der Waals surface area contributed by atoms with Gasteiger partial charge in [-0.2, -0.15) is 0 Å². The van der Waals surface area contributed by atoms with Crippen molar-refractivity contribution in [1.29, 1.82) is 0 Å². The maximum atomic E-state index is 11.5. The molecule has 4 heteroatoms. The monoisotopic (exact) mass is 256 g/mol. The van der Waals surface area contributed by atoms with Crippen LogP contribution in [0.5, 0.6) is 0 Å². The second kappa shape index (κ2) is 4.57. The SMILES string of the molecule is CN(C)C(=O)C(N)c1ccc(Br)cc1. The second-order valence-electron chi connectivity index (χ2n) is 3.26. The van der Waals surface area contributed by atoms with Crippen molar-refractivity contribution in [3.05, 3.63) is 34.3 Å². The van der Waals surface area contributed by atoms with Crippen molar-refractivity contribution < 1.29 is 4.79 Å². The lowest BCUT2D eigenvalue weighted by atomic mass is 10.1. The molecule has 76 valence electrons. The first-order valence-electron chi connectivity index (χ1n) is 4.24. The van der Waals surface area contributed by atoms with E-state index in [1.54, 1.807) is 14.1 Å². The summed E-state index contributed by atoms with van der Waals surface area (Å²) >= 11 is 3.32. The molecular formula is C10H13BrN2O. The van der Waals surface area contributed by atoms with Crippen LogP contribution < -0.4 is 5.73 Å². The molecule has 0 saturated heterocycles. The van der Waals surface area contributed by atoms with Crippen LogP contribution in [0.2, 0.25) is 0 Å². The smallest absolute Gasteiger partial charge is 0.243 e. The third-order valence-corrected chi connectivity index (χ3v) is 2.46. The molecule has 0 radical (unpaired) electrons. The van der Waals surface area contributed by atoms with Gasteiger partial charge in [0, 0.05) is 18.6 Å². The van der Waals surface area contributed by atoms with E-state index in [4.69, 9.17) is 5.73 Å². The van der Waals surface area contributed by atoms with Crippen molar-refractivity contribution in [2.75, 3.05) is 14.1 Å². The van der Waals surface area contributed by atoms with E-state index in [0.717, 1.165) is 10.0 Å². The lowest BCUT2D eigenvalue weighted by Gasteiger charge is -2.16. The van der Waals surface area contributed by atoms with Gasteiger partial charge in [0.15, 0.2) is 0 Å². The lowest BCUT2D eigenvalue weighted by Crippen LogP contribution is -2.33. The van der Waals surface area contributed by atoms with Gasteiger partial charge in [-0.3, -0.25) is 4.79 Å². The fraction of sp³-hybridized carbons (Fsp3) is 0.300. The number of halogens is 1. The first-order chi connectivity index (χ1) is 6.52. The quantitative estimate of drug-likeness (QED) is 0.873. The fourth-order valence-electron chi connectivity index (χ4n) is 1.09. The summed E-state index contributed by atoms with van der Waals surface area (Å²) in [7, 11) is 3.39. The number of amides is 1. The molecule has 3 nitrogen and oxygen atoms in total. The van der Waals surface area contributed by atoms with Gasteiger partial charge in [0.1, 0.15) is 6.04 Å². The van der Waals surface area contributed by atoms with Crippen LogP contribution >= 0.6 is 15.9 Å². The van der Waals surface area contributed by atoms with E-state index >= 15 is 0 Å². The van der Waals surface area contributed by atoms with Gasteiger partial charge in [-0.1, -0.05) is 28.1 Å². The summed E-state index contributed by atoms with van der Waals surface area (Å²) in [5, 5.41) is 0. The van der Waals surface area contributed by atoms with E-state index in [9.17, 15) is 4.79 Å². The molecule has 1 aromatic carbocycles. The number of hydrogen-bond acceptors (Lipinski definition) is 2. The summed E-state index contributed by atoms with van der Waals surface area (Å²) in [4.78, 5) is 13.0. The van der Waals surface area contributed by atoms with E-state index in [-0.39, 0.29) is 5.91 Å². The third kappa shape index (κ3) is 2.56. The van der Waals surface area contributed by atoms with Crippen molar-refractivity contribution in [2.45, 2.75) is 6.04 Å². The van der Waals surface area contributed by atoms with Gasteiger partial charge in [0.05, 0.1) is 0 Å². The number of rotatable bonds is 2. The molecule has 14 heavy (non-hydrogen) atoms. The van der Waals surface area contributed by atoms with E-state index in [0.29, 0.717) is 0 Å². The maximum Gasteiger partial charge on any atom is 0.243 e. The molecule has 1 unspecified atom stereocenters. The Hall–Kier alpha value is -0.870. The van der Waals surface area contributed by atoms with Crippen LogP contribution in [0, 0.1) is 0 Å². The summed E-state index contributed by atoms with van der Waals surface area (Å²) in [6.07, 6.45) is 0. The molecule has 0 bridgehead atoms. The Kier molecular flexibility index (Phi) is 3.66. The molecule has 0 spiro atoms. The van der Waals surface area contributed by atoms with Gasteiger partial charge in [-0.05, 0) is 17.7 Å². The summed E-state index contributed by atoms with van der Waals surface area (Å²) in [6.45, 7) is 0. The summed E-state index contributed by atoms with van der Waals surface area (Å²) in [5.41, 5.74) is 6.61. The molecule has 0 fully saturated rings. The molecule has 0 aromatic heterocycles. The zero-order chi connectivity index (χ0) is 10.7. The Morgan fingerprint density at radius 2 is 1.86 bits per heavy atom. The number of carbonyl (C=O) groups excluding carboxylic acids is 1. The third-order valence-electron chi connectivity index (χ3n) is 1.94. The van der Waals surface area contributed by atoms with Crippen LogP contribution in [-0.4, -0.2) is 24.9 Å². The number of nitrogens with zero attached hydrogens (tertiary/aromatic N) is 1. The average Bonchev–Trinajstić information content (AvgIpc) is 2.16. The van der Waals surface area contributed by atoms with Crippen LogP contribution in [0.1, 0.15) is 11.6 Å². The summed E-state index contributed by atoms with van der Waals surface area (Å²) < 4.78 is 0.978. The van der Waals surface area contributed by atoms with Crippen LogP contribution in [0.25, 0.3) is 0 Å². The molecule has 1 atom stereocenters. The minimum atomic E-state index is -0.571. The predicted octanol–water partition coefficient (Wildman–Crippen LogP) is 1.54. The highest BCUT2D eigenvalue weighted by Gasteiger charge is 2.16.